The third-order valence-corrected chi connectivity index (χ3v) is 7.31. The van der Waals surface area contributed by atoms with Gasteiger partial charge >= 0.3 is 0 Å². The molecule has 1 amide bonds. The quantitative estimate of drug-likeness (QED) is 0.393. The van der Waals surface area contributed by atoms with Gasteiger partial charge in [0.2, 0.25) is 11.0 Å². The number of amides is 1. The number of rotatable bonds is 8. The molecule has 162 valence electrons. The van der Waals surface area contributed by atoms with Gasteiger partial charge in [-0.25, -0.2) is 0 Å². The normalized spacial score (nSPS) is 15.5. The van der Waals surface area contributed by atoms with Crippen molar-refractivity contribution in [2.45, 2.75) is 61.9 Å². The number of anilines is 1. The summed E-state index contributed by atoms with van der Waals surface area (Å²) in [6.45, 7) is 6.21. The molecule has 0 bridgehead atoms. The zero-order chi connectivity index (χ0) is 21.6. The molecule has 1 fully saturated rings. The zero-order valence-electron chi connectivity index (χ0n) is 17.4. The molecule has 0 aromatic carbocycles. The molecule has 10 heteroatoms. The van der Waals surface area contributed by atoms with Crippen molar-refractivity contribution in [2.24, 2.45) is 0 Å². The molecule has 1 N–H and O–H groups in total. The van der Waals surface area contributed by atoms with Gasteiger partial charge in [-0.15, -0.1) is 27.0 Å². The van der Waals surface area contributed by atoms with Gasteiger partial charge in [0.15, 0.2) is 11.0 Å². The van der Waals surface area contributed by atoms with Gasteiger partial charge in [0.25, 0.3) is 0 Å². The molecule has 0 saturated heterocycles. The molecule has 4 rings (SSSR count). The Hall–Kier alpha value is -2.59. The molecule has 0 spiro atoms. The van der Waals surface area contributed by atoms with E-state index >= 15 is 0 Å². The van der Waals surface area contributed by atoms with Crippen LogP contribution < -0.4 is 5.32 Å². The number of aromatic nitrogens is 6. The predicted octanol–water partition coefficient (Wildman–Crippen LogP) is 4.54. The highest BCUT2D eigenvalue weighted by molar-refractivity contribution is 8.00. The van der Waals surface area contributed by atoms with Gasteiger partial charge in [-0.2, -0.15) is 0 Å². The van der Waals surface area contributed by atoms with Crippen LogP contribution >= 0.6 is 23.1 Å². The second-order valence-electron chi connectivity index (χ2n) is 7.48. The monoisotopic (exact) mass is 455 g/mol. The molecular formula is C21H25N7OS2. The number of nitrogens with zero attached hydrogens (tertiary/aromatic N) is 6. The van der Waals surface area contributed by atoms with E-state index in [1.54, 1.807) is 18.5 Å². The summed E-state index contributed by atoms with van der Waals surface area (Å²) in [4.78, 5) is 16.9. The fourth-order valence-corrected chi connectivity index (χ4v) is 5.37. The molecular weight excluding hydrogens is 430 g/mol. The average molecular weight is 456 g/mol. The molecule has 3 aromatic rings. The highest BCUT2D eigenvalue weighted by atomic mass is 32.2. The second kappa shape index (κ2) is 10.1. The molecule has 3 heterocycles. The van der Waals surface area contributed by atoms with Gasteiger partial charge < -0.3 is 0 Å². The smallest absolute Gasteiger partial charge is 0.239 e. The van der Waals surface area contributed by atoms with Crippen molar-refractivity contribution in [3.63, 3.8) is 0 Å². The van der Waals surface area contributed by atoms with Gasteiger partial charge in [-0.1, -0.05) is 48.4 Å². The minimum atomic E-state index is -0.378. The summed E-state index contributed by atoms with van der Waals surface area (Å²) in [5, 5.41) is 21.9. The number of carbonyl (C=O) groups is 1. The molecule has 3 aromatic heterocycles. The van der Waals surface area contributed by atoms with Gasteiger partial charge in [0.1, 0.15) is 5.01 Å². The number of thioether (sulfide) groups is 1. The van der Waals surface area contributed by atoms with Crippen LogP contribution in [0.3, 0.4) is 0 Å². The van der Waals surface area contributed by atoms with E-state index in [1.165, 1.54) is 42.4 Å². The van der Waals surface area contributed by atoms with Gasteiger partial charge in [0, 0.05) is 30.4 Å². The Morgan fingerprint density at radius 3 is 2.90 bits per heavy atom. The lowest BCUT2D eigenvalue weighted by Crippen LogP contribution is -2.22. The predicted molar refractivity (Wildman–Crippen MR) is 123 cm³/mol. The van der Waals surface area contributed by atoms with E-state index in [0.29, 0.717) is 28.6 Å². The maximum atomic E-state index is 12.8. The van der Waals surface area contributed by atoms with E-state index in [1.807, 2.05) is 23.6 Å². The summed E-state index contributed by atoms with van der Waals surface area (Å²) < 4.78 is 1.94. The van der Waals surface area contributed by atoms with E-state index in [-0.39, 0.29) is 11.2 Å². The van der Waals surface area contributed by atoms with Crippen LogP contribution in [0.4, 0.5) is 5.13 Å². The number of allylic oxidation sites excluding steroid dienone is 1. The minimum Gasteiger partial charge on any atom is -0.300 e. The van der Waals surface area contributed by atoms with Crippen molar-refractivity contribution < 1.29 is 4.79 Å². The third-order valence-electron chi connectivity index (χ3n) is 5.22. The van der Waals surface area contributed by atoms with Crippen molar-refractivity contribution in [3.8, 4) is 11.4 Å². The van der Waals surface area contributed by atoms with E-state index < -0.39 is 0 Å². The molecule has 0 aliphatic heterocycles. The van der Waals surface area contributed by atoms with Crippen LogP contribution in [0.25, 0.3) is 11.4 Å². The summed E-state index contributed by atoms with van der Waals surface area (Å²) in [6, 6.07) is 3.79. The van der Waals surface area contributed by atoms with Crippen LogP contribution in [-0.4, -0.2) is 41.1 Å². The van der Waals surface area contributed by atoms with Crippen molar-refractivity contribution >= 4 is 34.1 Å². The first-order chi connectivity index (χ1) is 15.2. The zero-order valence-corrected chi connectivity index (χ0v) is 19.0. The maximum absolute atomic E-state index is 12.8. The Kier molecular flexibility index (Phi) is 7.08. The standard InChI is InChI=1S/C21H25N7OS2/c1-3-12-28-17(16-10-7-11-22-13-16)24-27-21(28)30-14(2)18(29)23-20-26-25-19(31-20)15-8-5-4-6-9-15/h3,7,10-11,13-15H,1,4-6,8-9,12H2,2H3,(H,23,26,29)/t14-/m0/s1. The van der Waals surface area contributed by atoms with Crippen LogP contribution in [0, 0.1) is 0 Å². The summed E-state index contributed by atoms with van der Waals surface area (Å²) in [7, 11) is 0. The highest BCUT2D eigenvalue weighted by Gasteiger charge is 2.23. The molecule has 1 aliphatic carbocycles. The Balaban J connectivity index is 1.43. The first kappa shape index (κ1) is 21.6. The van der Waals surface area contributed by atoms with E-state index in [9.17, 15) is 4.79 Å². The Bertz CT molecular complexity index is 1030. The van der Waals surface area contributed by atoms with E-state index in [2.05, 4.69) is 37.3 Å². The average Bonchev–Trinajstić information content (AvgIpc) is 3.43. The van der Waals surface area contributed by atoms with Crippen molar-refractivity contribution in [3.05, 3.63) is 42.2 Å². The number of pyridine rings is 1. The molecule has 0 radical (unpaired) electrons. The lowest BCUT2D eigenvalue weighted by Gasteiger charge is -2.18. The fraction of sp³-hybridized carbons (Fsp3) is 0.429. The van der Waals surface area contributed by atoms with Crippen molar-refractivity contribution in [2.75, 3.05) is 5.32 Å². The number of nitrogens with one attached hydrogen (secondary N) is 1. The Labute approximate surface area is 189 Å². The van der Waals surface area contributed by atoms with Crippen LogP contribution in [0.15, 0.2) is 42.3 Å². The van der Waals surface area contributed by atoms with E-state index in [4.69, 9.17) is 0 Å². The minimum absolute atomic E-state index is 0.132. The van der Waals surface area contributed by atoms with Gasteiger partial charge in [-0.3, -0.25) is 19.7 Å². The van der Waals surface area contributed by atoms with Gasteiger partial charge in [0.05, 0.1) is 5.25 Å². The van der Waals surface area contributed by atoms with Crippen molar-refractivity contribution in [1.29, 1.82) is 0 Å². The summed E-state index contributed by atoms with van der Waals surface area (Å²) in [5.74, 6) is 1.05. The third kappa shape index (κ3) is 5.19. The molecule has 1 aliphatic rings. The first-order valence-electron chi connectivity index (χ1n) is 10.4. The molecule has 8 nitrogen and oxygen atoms in total. The highest BCUT2D eigenvalue weighted by Crippen LogP contribution is 2.35. The lowest BCUT2D eigenvalue weighted by molar-refractivity contribution is -0.115. The largest absolute Gasteiger partial charge is 0.300 e. The summed E-state index contributed by atoms with van der Waals surface area (Å²) >= 11 is 2.84. The number of carbonyl (C=O) groups excluding carboxylic acids is 1. The Morgan fingerprint density at radius 1 is 1.32 bits per heavy atom. The van der Waals surface area contributed by atoms with E-state index in [0.717, 1.165) is 23.4 Å². The van der Waals surface area contributed by atoms with Crippen LogP contribution in [-0.2, 0) is 11.3 Å². The van der Waals surface area contributed by atoms with Gasteiger partial charge in [-0.05, 0) is 31.9 Å². The molecule has 1 saturated carbocycles. The van der Waals surface area contributed by atoms with Crippen LogP contribution in [0.5, 0.6) is 0 Å². The maximum Gasteiger partial charge on any atom is 0.239 e. The SMILES string of the molecule is C=CCn1c(S[C@@H](C)C(=O)Nc2nnc(C3CCCCC3)s2)nnc1-c1cccnc1. The lowest BCUT2D eigenvalue weighted by atomic mass is 9.90. The number of hydrogen-bond donors (Lipinski definition) is 1. The topological polar surface area (TPSA) is 98.5 Å². The molecule has 1 atom stereocenters. The first-order valence-corrected chi connectivity index (χ1v) is 12.1. The summed E-state index contributed by atoms with van der Waals surface area (Å²) in [5.41, 5.74) is 0.866. The van der Waals surface area contributed by atoms with Crippen LogP contribution in [0.2, 0.25) is 0 Å². The Morgan fingerprint density at radius 2 is 2.16 bits per heavy atom. The summed E-state index contributed by atoms with van der Waals surface area (Å²) in [6.07, 6.45) is 11.3. The number of hydrogen-bond acceptors (Lipinski definition) is 8. The second-order valence-corrected chi connectivity index (χ2v) is 9.79. The van der Waals surface area contributed by atoms with Crippen LogP contribution in [0.1, 0.15) is 50.0 Å². The van der Waals surface area contributed by atoms with Crippen molar-refractivity contribution in [1.82, 2.24) is 29.9 Å². The molecule has 0 unspecified atom stereocenters. The fourth-order valence-electron chi connectivity index (χ4n) is 3.60. The molecule has 31 heavy (non-hydrogen) atoms.